The van der Waals surface area contributed by atoms with Crippen LogP contribution in [0.25, 0.3) is 33.1 Å². The summed E-state index contributed by atoms with van der Waals surface area (Å²) in [7, 11) is -5.96. The number of hydrogen-bond acceptors (Lipinski definition) is 5. The van der Waals surface area contributed by atoms with E-state index >= 15 is 0 Å². The summed E-state index contributed by atoms with van der Waals surface area (Å²) in [5.41, 5.74) is -5.05. The first-order valence-electron chi connectivity index (χ1n) is 8.24. The number of halogens is 3. The first-order valence-corrected chi connectivity index (χ1v) is 9.64. The summed E-state index contributed by atoms with van der Waals surface area (Å²) in [5, 5.41) is -0.289. The Balaban J connectivity index is 2.05. The van der Waals surface area contributed by atoms with Crippen LogP contribution in [-0.2, 0) is 10.1 Å². The van der Waals surface area contributed by atoms with Gasteiger partial charge in [0, 0.05) is 0 Å². The van der Waals surface area contributed by atoms with Gasteiger partial charge in [0.05, 0.1) is 5.39 Å². The van der Waals surface area contributed by atoms with Crippen molar-refractivity contribution >= 4 is 32.1 Å². The maximum Gasteiger partial charge on any atom is 0.534 e. The summed E-state index contributed by atoms with van der Waals surface area (Å²) < 4.78 is 71.0. The van der Waals surface area contributed by atoms with Crippen LogP contribution in [0.5, 0.6) is 5.75 Å². The molecule has 0 spiro atoms. The molecule has 0 aliphatic heterocycles. The number of hydrogen-bond donors (Lipinski definition) is 0. The van der Waals surface area contributed by atoms with E-state index in [1.165, 1.54) is 12.1 Å². The Morgan fingerprint density at radius 1 is 0.793 bits per heavy atom. The normalized spacial score (nSPS) is 12.4. The third kappa shape index (κ3) is 3.23. The number of benzene rings is 3. The quantitative estimate of drug-likeness (QED) is 0.269. The van der Waals surface area contributed by atoms with Crippen LogP contribution in [0.15, 0.2) is 75.9 Å². The molecule has 4 rings (SSSR count). The summed E-state index contributed by atoms with van der Waals surface area (Å²) in [6.45, 7) is 0. The molecule has 0 radical (unpaired) electrons. The van der Waals surface area contributed by atoms with Crippen LogP contribution in [0.2, 0.25) is 0 Å². The number of fused-ring (bicyclic) bond motifs is 2. The number of rotatable bonds is 3. The first kappa shape index (κ1) is 19.0. The monoisotopic (exact) mass is 420 g/mol. The minimum absolute atomic E-state index is 0.0948. The summed E-state index contributed by atoms with van der Waals surface area (Å²) >= 11 is 0. The van der Waals surface area contributed by atoms with E-state index in [4.69, 9.17) is 4.42 Å². The van der Waals surface area contributed by atoms with E-state index in [1.54, 1.807) is 48.5 Å². The Morgan fingerprint density at radius 2 is 1.41 bits per heavy atom. The standard InChI is InChI=1S/C20H11F3O5S/c21-20(22,23)29(25,26)28-16-11-5-10-15-18(16)19(24)17-13(8-4-9-14(17)27-15)12-6-2-1-3-7-12/h1-11H. The second kappa shape index (κ2) is 6.63. The van der Waals surface area contributed by atoms with E-state index in [1.807, 2.05) is 0 Å². The van der Waals surface area contributed by atoms with Crippen molar-refractivity contribution in [2.45, 2.75) is 5.51 Å². The van der Waals surface area contributed by atoms with Crippen LogP contribution >= 0.6 is 0 Å². The summed E-state index contributed by atoms with van der Waals surface area (Å²) in [4.78, 5) is 13.2. The number of alkyl halides is 3. The Morgan fingerprint density at radius 3 is 2.07 bits per heavy atom. The van der Waals surface area contributed by atoms with Crippen molar-refractivity contribution in [3.8, 4) is 16.9 Å². The lowest BCUT2D eigenvalue weighted by Gasteiger charge is -2.12. The second-order valence-corrected chi connectivity index (χ2v) is 7.63. The van der Waals surface area contributed by atoms with Gasteiger partial charge in [-0.1, -0.05) is 48.5 Å². The van der Waals surface area contributed by atoms with Crippen LogP contribution in [-0.4, -0.2) is 13.9 Å². The van der Waals surface area contributed by atoms with Gasteiger partial charge in [0.1, 0.15) is 16.6 Å². The van der Waals surface area contributed by atoms with Crippen LogP contribution in [0.1, 0.15) is 0 Å². The predicted octanol–water partition coefficient (Wildman–Crippen LogP) is 4.84. The van der Waals surface area contributed by atoms with Crippen LogP contribution in [0, 0.1) is 0 Å². The molecule has 148 valence electrons. The molecule has 1 aromatic heterocycles. The van der Waals surface area contributed by atoms with Gasteiger partial charge in [0.15, 0.2) is 5.75 Å². The summed E-state index contributed by atoms with van der Waals surface area (Å²) in [6, 6.07) is 17.3. The molecule has 0 fully saturated rings. The Kier molecular flexibility index (Phi) is 4.34. The van der Waals surface area contributed by atoms with Crippen LogP contribution < -0.4 is 9.61 Å². The molecular formula is C20H11F3O5S. The average molecular weight is 420 g/mol. The van der Waals surface area contributed by atoms with E-state index in [-0.39, 0.29) is 16.6 Å². The molecule has 1 heterocycles. The first-order chi connectivity index (χ1) is 13.7. The third-order valence-corrected chi connectivity index (χ3v) is 5.22. The lowest BCUT2D eigenvalue weighted by atomic mass is 9.99. The maximum absolute atomic E-state index is 13.2. The molecule has 0 amide bonds. The molecule has 3 aromatic carbocycles. The topological polar surface area (TPSA) is 73.6 Å². The van der Waals surface area contributed by atoms with E-state index in [9.17, 15) is 26.4 Å². The van der Waals surface area contributed by atoms with Crippen molar-refractivity contribution in [2.24, 2.45) is 0 Å². The average Bonchev–Trinajstić information content (AvgIpc) is 2.67. The molecule has 0 bridgehead atoms. The summed E-state index contributed by atoms with van der Waals surface area (Å²) in [5.74, 6) is -0.752. The fraction of sp³-hybridized carbons (Fsp3) is 0.0500. The SMILES string of the molecule is O=c1c2c(OS(=O)(=O)C(F)(F)F)cccc2oc2cccc(-c3ccccc3)c12. The van der Waals surface area contributed by atoms with E-state index in [0.717, 1.165) is 6.07 Å². The lowest BCUT2D eigenvalue weighted by Crippen LogP contribution is -2.28. The Labute approximate surface area is 162 Å². The van der Waals surface area contributed by atoms with Crippen LogP contribution in [0.4, 0.5) is 13.2 Å². The van der Waals surface area contributed by atoms with Gasteiger partial charge in [-0.15, -0.1) is 0 Å². The Hall–Kier alpha value is -3.33. The fourth-order valence-electron chi connectivity index (χ4n) is 3.01. The van der Waals surface area contributed by atoms with Gasteiger partial charge in [0.25, 0.3) is 0 Å². The highest BCUT2D eigenvalue weighted by Gasteiger charge is 2.48. The fourth-order valence-corrected chi connectivity index (χ4v) is 3.48. The van der Waals surface area contributed by atoms with Gasteiger partial charge in [-0.05, 0) is 29.3 Å². The predicted molar refractivity (Wildman–Crippen MR) is 101 cm³/mol. The molecule has 9 heteroatoms. The van der Waals surface area contributed by atoms with Gasteiger partial charge < -0.3 is 8.60 Å². The molecule has 0 aliphatic rings. The molecule has 0 aliphatic carbocycles. The molecule has 0 atom stereocenters. The van der Waals surface area contributed by atoms with Crippen molar-refractivity contribution in [2.75, 3.05) is 0 Å². The van der Waals surface area contributed by atoms with Crippen molar-refractivity contribution in [1.82, 2.24) is 0 Å². The van der Waals surface area contributed by atoms with Crippen molar-refractivity contribution in [1.29, 1.82) is 0 Å². The molecule has 0 N–H and O–H groups in total. The highest BCUT2D eigenvalue weighted by atomic mass is 32.2. The van der Waals surface area contributed by atoms with Crippen molar-refractivity contribution in [3.63, 3.8) is 0 Å². The minimum atomic E-state index is -5.96. The summed E-state index contributed by atoms with van der Waals surface area (Å²) in [6.07, 6.45) is 0. The zero-order chi connectivity index (χ0) is 20.8. The maximum atomic E-state index is 13.2. The Bertz CT molecular complexity index is 1390. The molecule has 0 unspecified atom stereocenters. The van der Waals surface area contributed by atoms with Gasteiger partial charge in [0.2, 0.25) is 5.43 Å². The third-order valence-electron chi connectivity index (χ3n) is 4.26. The minimum Gasteiger partial charge on any atom is -0.456 e. The van der Waals surface area contributed by atoms with Crippen molar-refractivity contribution in [3.05, 3.63) is 77.0 Å². The molecule has 0 saturated carbocycles. The van der Waals surface area contributed by atoms with Crippen molar-refractivity contribution < 1.29 is 30.2 Å². The molecule has 29 heavy (non-hydrogen) atoms. The molecule has 5 nitrogen and oxygen atoms in total. The molecule has 0 saturated heterocycles. The van der Waals surface area contributed by atoms with Gasteiger partial charge in [-0.2, -0.15) is 21.6 Å². The van der Waals surface area contributed by atoms with Crippen LogP contribution in [0.3, 0.4) is 0 Å². The molecule has 4 aromatic rings. The van der Waals surface area contributed by atoms with E-state index < -0.39 is 32.2 Å². The van der Waals surface area contributed by atoms with E-state index in [0.29, 0.717) is 11.1 Å². The lowest BCUT2D eigenvalue weighted by molar-refractivity contribution is -0.0499. The molecular weight excluding hydrogens is 409 g/mol. The zero-order valence-corrected chi connectivity index (χ0v) is 15.3. The highest BCUT2D eigenvalue weighted by Crippen LogP contribution is 2.34. The highest BCUT2D eigenvalue weighted by molar-refractivity contribution is 7.88. The zero-order valence-electron chi connectivity index (χ0n) is 14.4. The smallest absolute Gasteiger partial charge is 0.456 e. The second-order valence-electron chi connectivity index (χ2n) is 6.09. The van der Waals surface area contributed by atoms with Gasteiger partial charge >= 0.3 is 15.6 Å². The largest absolute Gasteiger partial charge is 0.534 e. The van der Waals surface area contributed by atoms with E-state index in [2.05, 4.69) is 4.18 Å². The van der Waals surface area contributed by atoms with Gasteiger partial charge in [-0.25, -0.2) is 0 Å². The van der Waals surface area contributed by atoms with Gasteiger partial charge in [-0.3, -0.25) is 4.79 Å².